The minimum absolute atomic E-state index is 0.0816. The molecular weight excluding hydrogens is 254 g/mol. The van der Waals surface area contributed by atoms with E-state index in [0.717, 1.165) is 37.4 Å². The second-order valence-electron chi connectivity index (χ2n) is 5.03. The molecule has 2 heterocycles. The van der Waals surface area contributed by atoms with Gasteiger partial charge < -0.3 is 15.5 Å². The zero-order chi connectivity index (χ0) is 14.5. The predicted octanol–water partition coefficient (Wildman–Crippen LogP) is 1.32. The third-order valence-electron chi connectivity index (χ3n) is 3.39. The first-order chi connectivity index (χ1) is 9.65. The smallest absolute Gasteiger partial charge is 0.242 e. The van der Waals surface area contributed by atoms with Crippen LogP contribution in [0.4, 0.5) is 11.8 Å². The lowest BCUT2D eigenvalue weighted by Gasteiger charge is -2.35. The minimum atomic E-state index is -0.142. The molecule has 20 heavy (non-hydrogen) atoms. The number of hydrogen-bond donors (Lipinski definition) is 2. The van der Waals surface area contributed by atoms with E-state index in [1.165, 1.54) is 0 Å². The van der Waals surface area contributed by atoms with Crippen molar-refractivity contribution in [3.63, 3.8) is 0 Å². The van der Waals surface area contributed by atoms with Crippen LogP contribution in [0.25, 0.3) is 0 Å². The van der Waals surface area contributed by atoms with Gasteiger partial charge in [0.1, 0.15) is 11.9 Å². The number of carbonyl (C=O) groups excluding carboxylic acids is 1. The van der Waals surface area contributed by atoms with Crippen LogP contribution in [0.1, 0.15) is 32.4 Å². The molecule has 2 rings (SSSR count). The highest BCUT2D eigenvalue weighted by Crippen LogP contribution is 2.20. The molecule has 1 aliphatic heterocycles. The summed E-state index contributed by atoms with van der Waals surface area (Å²) in [5.41, 5.74) is 0.912. The fourth-order valence-electron chi connectivity index (χ4n) is 2.41. The van der Waals surface area contributed by atoms with Gasteiger partial charge in [0.15, 0.2) is 0 Å². The van der Waals surface area contributed by atoms with Crippen molar-refractivity contribution in [1.82, 2.24) is 15.3 Å². The number of nitrogens with one attached hydrogen (secondary N) is 2. The van der Waals surface area contributed by atoms with Crippen LogP contribution in [0.2, 0.25) is 0 Å². The van der Waals surface area contributed by atoms with Crippen molar-refractivity contribution < 1.29 is 4.79 Å². The highest BCUT2D eigenvalue weighted by molar-refractivity contribution is 5.86. The molecule has 1 aliphatic rings. The van der Waals surface area contributed by atoms with Crippen molar-refractivity contribution in [3.05, 3.63) is 11.8 Å². The summed E-state index contributed by atoms with van der Waals surface area (Å²) in [6.07, 6.45) is 1.79. The third-order valence-corrected chi connectivity index (χ3v) is 3.39. The van der Waals surface area contributed by atoms with E-state index >= 15 is 0 Å². The van der Waals surface area contributed by atoms with Crippen molar-refractivity contribution in [1.29, 1.82) is 0 Å². The summed E-state index contributed by atoms with van der Waals surface area (Å²) in [6.45, 7) is 8.37. The molecule has 1 aromatic rings. The number of rotatable bonds is 5. The molecule has 1 saturated heterocycles. The number of carbonyl (C=O) groups is 1. The average Bonchev–Trinajstić information content (AvgIpc) is 2.44. The standard InChI is InChI=1S/C14H23N5O/c1-4-6-16-14-17-10(3)9-12(18-14)19-8-7-15-13(20)11(19)5-2/h9,11H,4-8H2,1-3H3,(H,15,20)(H,16,17,18). The zero-order valence-corrected chi connectivity index (χ0v) is 12.4. The molecule has 6 heteroatoms. The molecule has 0 spiro atoms. The Morgan fingerprint density at radius 3 is 2.95 bits per heavy atom. The first-order valence-electron chi connectivity index (χ1n) is 7.29. The van der Waals surface area contributed by atoms with E-state index in [1.54, 1.807) is 0 Å². The van der Waals surface area contributed by atoms with Gasteiger partial charge in [0.25, 0.3) is 0 Å². The number of nitrogens with zero attached hydrogens (tertiary/aromatic N) is 3. The Kier molecular flexibility index (Phi) is 4.76. The molecule has 1 aromatic heterocycles. The first kappa shape index (κ1) is 14.6. The Balaban J connectivity index is 2.25. The van der Waals surface area contributed by atoms with E-state index in [2.05, 4.69) is 32.4 Å². The van der Waals surface area contributed by atoms with Crippen molar-refractivity contribution in [2.24, 2.45) is 0 Å². The Morgan fingerprint density at radius 2 is 2.25 bits per heavy atom. The maximum absolute atomic E-state index is 11.9. The van der Waals surface area contributed by atoms with Crippen LogP contribution in [0.3, 0.4) is 0 Å². The van der Waals surface area contributed by atoms with Gasteiger partial charge in [0, 0.05) is 31.4 Å². The molecule has 2 N–H and O–H groups in total. The lowest BCUT2D eigenvalue weighted by molar-refractivity contribution is -0.123. The van der Waals surface area contributed by atoms with Crippen LogP contribution in [-0.2, 0) is 4.79 Å². The largest absolute Gasteiger partial charge is 0.354 e. The van der Waals surface area contributed by atoms with E-state index in [-0.39, 0.29) is 11.9 Å². The molecule has 0 aliphatic carbocycles. The number of piperazine rings is 1. The molecular formula is C14H23N5O. The molecule has 0 bridgehead atoms. The fourth-order valence-corrected chi connectivity index (χ4v) is 2.41. The molecule has 0 saturated carbocycles. The summed E-state index contributed by atoms with van der Waals surface area (Å²) >= 11 is 0. The van der Waals surface area contributed by atoms with Gasteiger partial charge in [-0.1, -0.05) is 13.8 Å². The molecule has 1 fully saturated rings. The van der Waals surface area contributed by atoms with Crippen LogP contribution in [0.15, 0.2) is 6.07 Å². The van der Waals surface area contributed by atoms with Crippen LogP contribution in [0, 0.1) is 6.92 Å². The summed E-state index contributed by atoms with van der Waals surface area (Å²) in [5.74, 6) is 1.55. The van der Waals surface area contributed by atoms with Crippen LogP contribution in [-0.4, -0.2) is 41.6 Å². The molecule has 1 unspecified atom stereocenters. The van der Waals surface area contributed by atoms with Crippen molar-refractivity contribution >= 4 is 17.7 Å². The van der Waals surface area contributed by atoms with Gasteiger partial charge in [-0.15, -0.1) is 0 Å². The number of hydrogen-bond acceptors (Lipinski definition) is 5. The Labute approximate surface area is 120 Å². The lowest BCUT2D eigenvalue weighted by Crippen LogP contribution is -2.55. The average molecular weight is 277 g/mol. The van der Waals surface area contributed by atoms with E-state index in [9.17, 15) is 4.79 Å². The Morgan fingerprint density at radius 1 is 1.45 bits per heavy atom. The summed E-state index contributed by atoms with van der Waals surface area (Å²) in [7, 11) is 0. The van der Waals surface area contributed by atoms with Crippen LogP contribution >= 0.6 is 0 Å². The third kappa shape index (κ3) is 3.18. The lowest BCUT2D eigenvalue weighted by atomic mass is 10.1. The van der Waals surface area contributed by atoms with Gasteiger partial charge in [-0.05, 0) is 19.8 Å². The first-order valence-corrected chi connectivity index (χ1v) is 7.29. The topological polar surface area (TPSA) is 70.2 Å². The summed E-state index contributed by atoms with van der Waals surface area (Å²) < 4.78 is 0. The van der Waals surface area contributed by atoms with Crippen molar-refractivity contribution in [2.75, 3.05) is 29.9 Å². The quantitative estimate of drug-likeness (QED) is 0.849. The second kappa shape index (κ2) is 6.54. The Bertz CT molecular complexity index is 477. The van der Waals surface area contributed by atoms with Gasteiger partial charge in [-0.25, -0.2) is 4.98 Å². The zero-order valence-electron chi connectivity index (χ0n) is 12.4. The number of aryl methyl sites for hydroxylation is 1. The maximum atomic E-state index is 11.9. The van der Waals surface area contributed by atoms with Crippen molar-refractivity contribution in [3.8, 4) is 0 Å². The van der Waals surface area contributed by atoms with E-state index in [0.29, 0.717) is 12.5 Å². The SMILES string of the molecule is CCCNc1nc(C)cc(N2CCNC(=O)C2CC)n1. The highest BCUT2D eigenvalue weighted by atomic mass is 16.2. The number of anilines is 2. The van der Waals surface area contributed by atoms with Crippen LogP contribution < -0.4 is 15.5 Å². The molecule has 1 amide bonds. The van der Waals surface area contributed by atoms with Gasteiger partial charge >= 0.3 is 0 Å². The van der Waals surface area contributed by atoms with Gasteiger partial charge in [-0.3, -0.25) is 4.79 Å². The van der Waals surface area contributed by atoms with Gasteiger partial charge in [0.2, 0.25) is 11.9 Å². The van der Waals surface area contributed by atoms with E-state index < -0.39 is 0 Å². The molecule has 6 nitrogen and oxygen atoms in total. The normalized spacial score (nSPS) is 18.9. The minimum Gasteiger partial charge on any atom is -0.354 e. The molecule has 1 atom stereocenters. The molecule has 110 valence electrons. The monoisotopic (exact) mass is 277 g/mol. The Hall–Kier alpha value is -1.85. The maximum Gasteiger partial charge on any atom is 0.242 e. The molecule has 0 aromatic carbocycles. The van der Waals surface area contributed by atoms with Gasteiger partial charge in [0.05, 0.1) is 0 Å². The fraction of sp³-hybridized carbons (Fsp3) is 0.643. The highest BCUT2D eigenvalue weighted by Gasteiger charge is 2.29. The summed E-state index contributed by atoms with van der Waals surface area (Å²) in [6, 6.07) is 1.80. The van der Waals surface area contributed by atoms with E-state index in [4.69, 9.17) is 0 Å². The van der Waals surface area contributed by atoms with Crippen molar-refractivity contribution in [2.45, 2.75) is 39.7 Å². The number of aromatic nitrogens is 2. The van der Waals surface area contributed by atoms with Crippen LogP contribution in [0.5, 0.6) is 0 Å². The number of amides is 1. The summed E-state index contributed by atoms with van der Waals surface area (Å²) in [4.78, 5) is 23.0. The van der Waals surface area contributed by atoms with E-state index in [1.807, 2.05) is 19.9 Å². The molecule has 0 radical (unpaired) electrons. The van der Waals surface area contributed by atoms with Gasteiger partial charge in [-0.2, -0.15) is 4.98 Å². The summed E-state index contributed by atoms with van der Waals surface area (Å²) in [5, 5.41) is 6.12. The second-order valence-corrected chi connectivity index (χ2v) is 5.03. The predicted molar refractivity (Wildman–Crippen MR) is 80.0 cm³/mol.